The van der Waals surface area contributed by atoms with Gasteiger partial charge in [-0.1, -0.05) is 25.4 Å². The number of nitrogens with zero attached hydrogens (tertiary/aromatic N) is 2. The zero-order valence-corrected chi connectivity index (χ0v) is 13.4. The van der Waals surface area contributed by atoms with Gasteiger partial charge in [-0.05, 0) is 19.1 Å². The van der Waals surface area contributed by atoms with Gasteiger partial charge in [0.1, 0.15) is 22.9 Å². The Bertz CT molecular complexity index is 654. The number of hydrogen-bond donors (Lipinski definition) is 2. The van der Waals surface area contributed by atoms with Crippen molar-refractivity contribution in [1.82, 2.24) is 15.3 Å². The molecule has 1 amide bonds. The summed E-state index contributed by atoms with van der Waals surface area (Å²) < 4.78 is 5.16. The molecule has 0 saturated heterocycles. The molecule has 0 saturated carbocycles. The summed E-state index contributed by atoms with van der Waals surface area (Å²) in [6.07, 6.45) is 2.87. The van der Waals surface area contributed by atoms with Crippen molar-refractivity contribution in [3.63, 3.8) is 0 Å². The van der Waals surface area contributed by atoms with Crippen LogP contribution < -0.4 is 5.32 Å². The smallest absolute Gasteiger partial charge is 0.271 e. The van der Waals surface area contributed by atoms with Gasteiger partial charge in [-0.25, -0.2) is 9.97 Å². The minimum Gasteiger partial charge on any atom is -0.466 e. The number of amides is 1. The summed E-state index contributed by atoms with van der Waals surface area (Å²) in [6, 6.07) is 3.31. The van der Waals surface area contributed by atoms with Gasteiger partial charge in [0.25, 0.3) is 5.91 Å². The predicted octanol–water partition coefficient (Wildman–Crippen LogP) is 2.48. The number of aromatic nitrogens is 2. The Morgan fingerprint density at radius 2 is 2.27 bits per heavy atom. The van der Waals surface area contributed by atoms with Crippen molar-refractivity contribution in [3.8, 4) is 0 Å². The van der Waals surface area contributed by atoms with E-state index in [-0.39, 0.29) is 23.2 Å². The van der Waals surface area contributed by atoms with Gasteiger partial charge in [0.05, 0.1) is 24.0 Å². The maximum atomic E-state index is 12.2. The first kappa shape index (κ1) is 16.5. The number of halogens is 1. The molecule has 7 heteroatoms. The Morgan fingerprint density at radius 1 is 1.55 bits per heavy atom. The number of carbonyl (C=O) groups is 1. The summed E-state index contributed by atoms with van der Waals surface area (Å²) in [6.45, 7) is 5.36. The number of aliphatic hydroxyl groups is 1. The van der Waals surface area contributed by atoms with Crippen molar-refractivity contribution in [2.75, 3.05) is 6.54 Å². The number of rotatable bonds is 5. The van der Waals surface area contributed by atoms with E-state index in [4.69, 9.17) is 16.0 Å². The molecule has 2 rings (SSSR count). The Morgan fingerprint density at radius 3 is 2.86 bits per heavy atom. The molecule has 118 valence electrons. The van der Waals surface area contributed by atoms with Crippen LogP contribution in [0.1, 0.15) is 48.8 Å². The molecule has 2 N–H and O–H groups in total. The lowest BCUT2D eigenvalue weighted by atomic mass is 10.0. The number of furan rings is 1. The standard InChI is InChI=1S/C15H18ClN3O3/c1-9(2)13-17-7-10(16)12(19-13)14(20)18-8-15(3,21)11-5-4-6-22-11/h4-7,9,21H,8H2,1-3H3,(H,18,20). The van der Waals surface area contributed by atoms with Crippen LogP contribution in [0.25, 0.3) is 0 Å². The average molecular weight is 324 g/mol. The highest BCUT2D eigenvalue weighted by Gasteiger charge is 2.27. The van der Waals surface area contributed by atoms with Crippen LogP contribution in [-0.2, 0) is 5.60 Å². The molecule has 0 bridgehead atoms. The third kappa shape index (κ3) is 3.64. The van der Waals surface area contributed by atoms with Gasteiger partial charge in [0.15, 0.2) is 0 Å². The average Bonchev–Trinajstić information content (AvgIpc) is 3.00. The van der Waals surface area contributed by atoms with E-state index in [1.165, 1.54) is 12.5 Å². The van der Waals surface area contributed by atoms with Crippen LogP contribution >= 0.6 is 11.6 Å². The molecular formula is C15H18ClN3O3. The topological polar surface area (TPSA) is 88.2 Å². The van der Waals surface area contributed by atoms with Crippen LogP contribution in [0.3, 0.4) is 0 Å². The molecular weight excluding hydrogens is 306 g/mol. The molecule has 0 fully saturated rings. The van der Waals surface area contributed by atoms with Crippen molar-refractivity contribution < 1.29 is 14.3 Å². The Hall–Kier alpha value is -1.92. The van der Waals surface area contributed by atoms with Gasteiger partial charge in [-0.2, -0.15) is 0 Å². The zero-order valence-electron chi connectivity index (χ0n) is 12.6. The van der Waals surface area contributed by atoms with Crippen molar-refractivity contribution in [2.24, 2.45) is 0 Å². The molecule has 0 aromatic carbocycles. The summed E-state index contributed by atoms with van der Waals surface area (Å²) in [5.74, 6) is 0.507. The monoisotopic (exact) mass is 323 g/mol. The number of nitrogens with one attached hydrogen (secondary N) is 1. The van der Waals surface area contributed by atoms with E-state index in [0.717, 1.165) is 0 Å². The van der Waals surface area contributed by atoms with E-state index < -0.39 is 11.5 Å². The van der Waals surface area contributed by atoms with E-state index in [2.05, 4.69) is 15.3 Å². The van der Waals surface area contributed by atoms with Gasteiger partial charge in [0, 0.05) is 5.92 Å². The van der Waals surface area contributed by atoms with E-state index in [9.17, 15) is 9.90 Å². The first-order valence-electron chi connectivity index (χ1n) is 6.88. The van der Waals surface area contributed by atoms with Crippen molar-refractivity contribution >= 4 is 17.5 Å². The molecule has 0 radical (unpaired) electrons. The summed E-state index contributed by atoms with van der Waals surface area (Å²) in [5, 5.41) is 13.1. The van der Waals surface area contributed by atoms with Crippen LogP contribution in [-0.4, -0.2) is 27.5 Å². The fraction of sp³-hybridized carbons (Fsp3) is 0.400. The molecule has 0 spiro atoms. The number of carbonyl (C=O) groups excluding carboxylic acids is 1. The highest BCUT2D eigenvalue weighted by molar-refractivity contribution is 6.33. The molecule has 0 aliphatic carbocycles. The number of hydrogen-bond acceptors (Lipinski definition) is 5. The third-order valence-electron chi connectivity index (χ3n) is 3.14. The van der Waals surface area contributed by atoms with Gasteiger partial charge < -0.3 is 14.8 Å². The van der Waals surface area contributed by atoms with Crippen LogP contribution in [0, 0.1) is 0 Å². The zero-order chi connectivity index (χ0) is 16.3. The largest absolute Gasteiger partial charge is 0.466 e. The lowest BCUT2D eigenvalue weighted by Gasteiger charge is -2.21. The second-order valence-electron chi connectivity index (χ2n) is 5.51. The van der Waals surface area contributed by atoms with Crippen molar-refractivity contribution in [1.29, 1.82) is 0 Å². The minimum atomic E-state index is -1.32. The Balaban J connectivity index is 2.11. The van der Waals surface area contributed by atoms with Gasteiger partial charge in [-0.3, -0.25) is 4.79 Å². The third-order valence-corrected chi connectivity index (χ3v) is 3.42. The molecule has 0 aliphatic heterocycles. The lowest BCUT2D eigenvalue weighted by Crippen LogP contribution is -2.38. The molecule has 2 aromatic rings. The molecule has 6 nitrogen and oxygen atoms in total. The minimum absolute atomic E-state index is 0.0311. The molecule has 0 aliphatic rings. The SMILES string of the molecule is CC(C)c1ncc(Cl)c(C(=O)NCC(C)(O)c2ccco2)n1. The van der Waals surface area contributed by atoms with Crippen LogP contribution in [0.5, 0.6) is 0 Å². The van der Waals surface area contributed by atoms with Crippen LogP contribution in [0.15, 0.2) is 29.0 Å². The van der Waals surface area contributed by atoms with Gasteiger partial charge in [-0.15, -0.1) is 0 Å². The maximum Gasteiger partial charge on any atom is 0.271 e. The summed E-state index contributed by atoms with van der Waals surface area (Å²) in [7, 11) is 0. The van der Waals surface area contributed by atoms with Crippen LogP contribution in [0.4, 0.5) is 0 Å². The van der Waals surface area contributed by atoms with Crippen molar-refractivity contribution in [3.05, 3.63) is 46.9 Å². The first-order chi connectivity index (χ1) is 10.3. The summed E-state index contributed by atoms with van der Waals surface area (Å²) >= 11 is 5.98. The van der Waals surface area contributed by atoms with E-state index in [1.54, 1.807) is 19.1 Å². The quantitative estimate of drug-likeness (QED) is 0.882. The second-order valence-corrected chi connectivity index (χ2v) is 5.92. The summed E-state index contributed by atoms with van der Waals surface area (Å²) in [4.78, 5) is 20.5. The lowest BCUT2D eigenvalue weighted by molar-refractivity contribution is 0.0329. The van der Waals surface area contributed by atoms with Crippen LogP contribution in [0.2, 0.25) is 5.02 Å². The van der Waals surface area contributed by atoms with Crippen molar-refractivity contribution in [2.45, 2.75) is 32.3 Å². The molecule has 22 heavy (non-hydrogen) atoms. The van der Waals surface area contributed by atoms with Gasteiger partial charge in [0.2, 0.25) is 0 Å². The predicted molar refractivity (Wildman–Crippen MR) is 81.7 cm³/mol. The van der Waals surface area contributed by atoms with Gasteiger partial charge >= 0.3 is 0 Å². The van der Waals surface area contributed by atoms with E-state index in [1.807, 2.05) is 13.8 Å². The maximum absolute atomic E-state index is 12.2. The second kappa shape index (κ2) is 6.46. The fourth-order valence-electron chi connectivity index (χ4n) is 1.83. The van der Waals surface area contributed by atoms with E-state index in [0.29, 0.717) is 11.6 Å². The normalized spacial score (nSPS) is 13.9. The van der Waals surface area contributed by atoms with E-state index >= 15 is 0 Å². The Kier molecular flexibility index (Phi) is 4.83. The fourth-order valence-corrected chi connectivity index (χ4v) is 2.00. The Labute approximate surface area is 133 Å². The molecule has 2 heterocycles. The molecule has 2 aromatic heterocycles. The molecule has 1 unspecified atom stereocenters. The highest BCUT2D eigenvalue weighted by Crippen LogP contribution is 2.21. The highest BCUT2D eigenvalue weighted by atomic mass is 35.5. The molecule has 1 atom stereocenters. The first-order valence-corrected chi connectivity index (χ1v) is 7.26. The summed E-state index contributed by atoms with van der Waals surface area (Å²) in [5.41, 5.74) is -1.23.